The summed E-state index contributed by atoms with van der Waals surface area (Å²) in [4.78, 5) is 64.0. The largest absolute Gasteiger partial charge is 0.444 e. The Balaban J connectivity index is 1.10. The molecule has 54 heavy (non-hydrogen) atoms. The lowest BCUT2D eigenvalue weighted by atomic mass is 9.91. The first-order valence-corrected chi connectivity index (χ1v) is 18.4. The second-order valence-electron chi connectivity index (χ2n) is 15.1. The number of aryl methyl sites for hydroxylation is 1. The number of nitrogens with zero attached hydrogens (tertiary/aromatic N) is 4. The van der Waals surface area contributed by atoms with Crippen LogP contribution in [-0.4, -0.2) is 75.6 Å². The number of halogens is 1. The van der Waals surface area contributed by atoms with Gasteiger partial charge in [0.1, 0.15) is 23.5 Å². The summed E-state index contributed by atoms with van der Waals surface area (Å²) in [6.07, 6.45) is 1.45. The Kier molecular flexibility index (Phi) is 10.1. The Morgan fingerprint density at radius 3 is 2.15 bits per heavy atom. The molecule has 4 aromatic carbocycles. The molecule has 7 rings (SSSR count). The summed E-state index contributed by atoms with van der Waals surface area (Å²) >= 11 is 0. The zero-order valence-corrected chi connectivity index (χ0v) is 30.8. The molecule has 11 heteroatoms. The molecule has 2 heterocycles. The van der Waals surface area contributed by atoms with E-state index in [1.165, 1.54) is 12.1 Å². The number of aliphatic imine (C=N–C) groups is 1. The van der Waals surface area contributed by atoms with E-state index in [2.05, 4.69) is 5.32 Å². The molecule has 4 aromatic rings. The standard InChI is InChI=1S/C43H44FN5O5/c1-42(2,3)54-41(53)47-24-21-35(22-25-47)48(27-29-14-16-33(44)17-15-29)37(50)28-49-39(51)43(46-40(49)52)23-20-32-26-34(18-19-36(32)43)45-38(30-10-6-4-7-11-30)31-12-8-5-9-13-31/h4-19,26,35H,20-25,27-28H2,1-3H3,(H,46,52)/t43-/m0/s1. The minimum absolute atomic E-state index is 0.158. The highest BCUT2D eigenvalue weighted by Crippen LogP contribution is 2.43. The molecule has 0 unspecified atom stereocenters. The third kappa shape index (κ3) is 7.62. The number of hydrogen-bond acceptors (Lipinski definition) is 6. The fourth-order valence-electron chi connectivity index (χ4n) is 7.59. The molecule has 0 saturated carbocycles. The Hall–Kier alpha value is -5.84. The lowest BCUT2D eigenvalue weighted by molar-refractivity contribution is -0.141. The van der Waals surface area contributed by atoms with Crippen molar-refractivity contribution in [2.45, 2.75) is 70.2 Å². The van der Waals surface area contributed by atoms with E-state index in [-0.39, 0.29) is 12.6 Å². The first-order valence-electron chi connectivity index (χ1n) is 18.4. The number of carbonyl (C=O) groups excluding carboxylic acids is 4. The van der Waals surface area contributed by atoms with Gasteiger partial charge < -0.3 is 19.9 Å². The lowest BCUT2D eigenvalue weighted by Gasteiger charge is -2.39. The summed E-state index contributed by atoms with van der Waals surface area (Å²) in [6, 6.07) is 30.6. The molecular formula is C43H44FN5O5. The maximum Gasteiger partial charge on any atom is 0.410 e. The Morgan fingerprint density at radius 1 is 0.907 bits per heavy atom. The van der Waals surface area contributed by atoms with E-state index >= 15 is 0 Å². The van der Waals surface area contributed by atoms with Gasteiger partial charge in [-0.2, -0.15) is 0 Å². The van der Waals surface area contributed by atoms with Gasteiger partial charge in [-0.25, -0.2) is 19.0 Å². The number of urea groups is 1. The summed E-state index contributed by atoms with van der Waals surface area (Å²) in [5, 5.41) is 2.94. The topological polar surface area (TPSA) is 112 Å². The highest BCUT2D eigenvalue weighted by atomic mass is 19.1. The third-order valence-electron chi connectivity index (χ3n) is 10.3. The normalized spacial score (nSPS) is 18.4. The van der Waals surface area contributed by atoms with Gasteiger partial charge in [-0.3, -0.25) is 14.5 Å². The van der Waals surface area contributed by atoms with Crippen molar-refractivity contribution >= 4 is 35.3 Å². The van der Waals surface area contributed by atoms with Crippen LogP contribution in [0.5, 0.6) is 0 Å². The molecule has 1 N–H and O–H groups in total. The minimum atomic E-state index is -1.28. The smallest absolute Gasteiger partial charge is 0.410 e. The van der Waals surface area contributed by atoms with Crippen LogP contribution in [0, 0.1) is 5.82 Å². The molecule has 0 aromatic heterocycles. The van der Waals surface area contributed by atoms with Crippen LogP contribution in [0.25, 0.3) is 0 Å². The van der Waals surface area contributed by atoms with Crippen LogP contribution in [0.2, 0.25) is 0 Å². The molecule has 3 aliphatic rings. The molecule has 0 bridgehead atoms. The van der Waals surface area contributed by atoms with Crippen molar-refractivity contribution in [3.8, 4) is 0 Å². The van der Waals surface area contributed by atoms with Crippen molar-refractivity contribution in [2.24, 2.45) is 4.99 Å². The van der Waals surface area contributed by atoms with Crippen molar-refractivity contribution in [1.29, 1.82) is 0 Å². The molecular weight excluding hydrogens is 686 g/mol. The molecule has 1 spiro atoms. The number of hydrogen-bond donors (Lipinski definition) is 1. The van der Waals surface area contributed by atoms with Gasteiger partial charge in [-0.05, 0) is 87.4 Å². The van der Waals surface area contributed by atoms with Gasteiger partial charge in [0.2, 0.25) is 5.91 Å². The SMILES string of the molecule is CC(C)(C)OC(=O)N1CCC(N(Cc2ccc(F)cc2)C(=O)CN2C(=O)N[C@]3(CCc4cc(N=C(c5ccccc5)c5ccccc5)ccc43)C2=O)CC1. The van der Waals surface area contributed by atoms with Crippen LogP contribution in [0.15, 0.2) is 108 Å². The third-order valence-corrected chi connectivity index (χ3v) is 10.3. The number of rotatable bonds is 8. The van der Waals surface area contributed by atoms with Gasteiger partial charge in [0.15, 0.2) is 0 Å². The molecule has 2 fully saturated rings. The van der Waals surface area contributed by atoms with Gasteiger partial charge in [0.25, 0.3) is 5.91 Å². The zero-order chi connectivity index (χ0) is 38.0. The van der Waals surface area contributed by atoms with Crippen LogP contribution >= 0.6 is 0 Å². The number of likely N-dealkylation sites (tertiary alicyclic amines) is 1. The van der Waals surface area contributed by atoms with Crippen molar-refractivity contribution < 1.29 is 28.3 Å². The fourth-order valence-corrected chi connectivity index (χ4v) is 7.59. The summed E-state index contributed by atoms with van der Waals surface area (Å²) in [7, 11) is 0. The first kappa shape index (κ1) is 36.5. The van der Waals surface area contributed by atoms with E-state index in [0.717, 1.165) is 33.0 Å². The number of carbonyl (C=O) groups is 4. The number of fused-ring (bicyclic) bond motifs is 2. The first-order chi connectivity index (χ1) is 25.9. The van der Waals surface area contributed by atoms with E-state index in [1.54, 1.807) is 21.9 Å². The van der Waals surface area contributed by atoms with Gasteiger partial charge in [-0.1, -0.05) is 78.9 Å². The van der Waals surface area contributed by atoms with Crippen molar-refractivity contribution in [2.75, 3.05) is 19.6 Å². The average molecular weight is 730 g/mol. The van der Waals surface area contributed by atoms with Gasteiger partial charge >= 0.3 is 12.1 Å². The summed E-state index contributed by atoms with van der Waals surface area (Å²) in [5.41, 5.74) is 3.90. The second kappa shape index (κ2) is 14.9. The van der Waals surface area contributed by atoms with E-state index in [9.17, 15) is 23.6 Å². The predicted molar refractivity (Wildman–Crippen MR) is 203 cm³/mol. The van der Waals surface area contributed by atoms with Crippen LogP contribution in [-0.2, 0) is 32.8 Å². The van der Waals surface area contributed by atoms with E-state index in [1.807, 2.05) is 99.6 Å². The molecule has 5 amide bonds. The zero-order valence-electron chi connectivity index (χ0n) is 30.8. The highest BCUT2D eigenvalue weighted by Gasteiger charge is 2.56. The number of piperidine rings is 1. The summed E-state index contributed by atoms with van der Waals surface area (Å²) in [6.45, 7) is 5.89. The molecule has 10 nitrogen and oxygen atoms in total. The second-order valence-corrected chi connectivity index (χ2v) is 15.1. The number of amides is 5. The van der Waals surface area contributed by atoms with Gasteiger partial charge in [0, 0.05) is 36.8 Å². The lowest BCUT2D eigenvalue weighted by Crippen LogP contribution is -2.52. The van der Waals surface area contributed by atoms with Crippen molar-refractivity contribution in [3.63, 3.8) is 0 Å². The van der Waals surface area contributed by atoms with Crippen molar-refractivity contribution in [1.82, 2.24) is 20.0 Å². The van der Waals surface area contributed by atoms with Crippen LogP contribution in [0.3, 0.4) is 0 Å². The van der Waals surface area contributed by atoms with E-state index in [4.69, 9.17) is 9.73 Å². The van der Waals surface area contributed by atoms with Crippen LogP contribution in [0.1, 0.15) is 67.9 Å². The van der Waals surface area contributed by atoms with E-state index < -0.39 is 47.4 Å². The van der Waals surface area contributed by atoms with E-state index in [0.29, 0.717) is 49.9 Å². The molecule has 1 atom stereocenters. The molecule has 1 aliphatic carbocycles. The molecule has 0 radical (unpaired) electrons. The molecule has 278 valence electrons. The Bertz CT molecular complexity index is 2030. The Labute approximate surface area is 314 Å². The maximum atomic E-state index is 14.2. The average Bonchev–Trinajstić information content (AvgIpc) is 3.64. The predicted octanol–water partition coefficient (Wildman–Crippen LogP) is 7.12. The summed E-state index contributed by atoms with van der Waals surface area (Å²) < 4.78 is 19.3. The van der Waals surface area contributed by atoms with Crippen LogP contribution < -0.4 is 5.32 Å². The van der Waals surface area contributed by atoms with Gasteiger partial charge in [-0.15, -0.1) is 0 Å². The number of ether oxygens (including phenoxy) is 1. The fraction of sp³-hybridized carbons (Fsp3) is 0.326. The van der Waals surface area contributed by atoms with Crippen LogP contribution in [0.4, 0.5) is 19.7 Å². The monoisotopic (exact) mass is 729 g/mol. The van der Waals surface area contributed by atoms with Crippen molar-refractivity contribution in [3.05, 3.63) is 137 Å². The molecule has 2 saturated heterocycles. The quantitative estimate of drug-likeness (QED) is 0.154. The Morgan fingerprint density at radius 2 is 1.54 bits per heavy atom. The number of benzene rings is 4. The minimum Gasteiger partial charge on any atom is -0.444 e. The summed E-state index contributed by atoms with van der Waals surface area (Å²) in [5.74, 6) is -1.27. The van der Waals surface area contributed by atoms with Gasteiger partial charge in [0.05, 0.1) is 11.4 Å². The maximum absolute atomic E-state index is 14.2. The highest BCUT2D eigenvalue weighted by molar-refractivity contribution is 6.14. The number of nitrogens with one attached hydrogen (secondary N) is 1. The number of imide groups is 1. The molecule has 2 aliphatic heterocycles.